The molecule has 1 unspecified atom stereocenters. The molecule has 0 bridgehead atoms. The van der Waals surface area contributed by atoms with Crippen molar-refractivity contribution in [3.05, 3.63) is 155 Å². The number of rotatable bonds is 44. The Labute approximate surface area is 660 Å². The number of alkyl carbamates (subject to hydrolysis) is 1. The molecule has 0 spiro atoms. The molecule has 0 aromatic heterocycles. The summed E-state index contributed by atoms with van der Waals surface area (Å²) in [5.74, 6) is -8.81. The first-order chi connectivity index (χ1) is 53.2. The third-order valence-electron chi connectivity index (χ3n) is 19.3. The number of benzene rings is 5. The highest BCUT2D eigenvalue weighted by Gasteiger charge is 2.39. The maximum Gasteiger partial charge on any atom is 0.407 e. The molecule has 0 saturated heterocycles. The fourth-order valence-electron chi connectivity index (χ4n) is 13.2. The molecule has 5 aromatic carbocycles. The number of unbranched alkanes of at least 4 members (excludes halogenated alkanes) is 2. The van der Waals surface area contributed by atoms with Gasteiger partial charge in [0.05, 0.1) is 33.1 Å². The zero-order valence-corrected chi connectivity index (χ0v) is 68.1. The van der Waals surface area contributed by atoms with E-state index in [-0.39, 0.29) is 75.4 Å². The zero-order chi connectivity index (χ0) is 82.4. The van der Waals surface area contributed by atoms with Crippen LogP contribution < -0.4 is 52.0 Å². The van der Waals surface area contributed by atoms with Crippen molar-refractivity contribution in [3.63, 3.8) is 0 Å². The molecule has 1 aliphatic rings. The number of ether oxygens (including phenoxy) is 6. The first kappa shape index (κ1) is 90.6. The summed E-state index contributed by atoms with van der Waals surface area (Å²) in [6.45, 7) is 24.6. The van der Waals surface area contributed by atoms with Crippen molar-refractivity contribution in [2.75, 3.05) is 20.8 Å². The number of esters is 3. The van der Waals surface area contributed by atoms with E-state index in [0.717, 1.165) is 51.8 Å². The summed E-state index contributed by atoms with van der Waals surface area (Å²) in [6.07, 6.45) is -0.123. The Morgan fingerprint density at radius 3 is 1.39 bits per heavy atom. The summed E-state index contributed by atoms with van der Waals surface area (Å²) in [5.41, 5.74) is 5.10. The van der Waals surface area contributed by atoms with E-state index in [2.05, 4.69) is 42.5 Å². The van der Waals surface area contributed by atoms with Crippen LogP contribution in [0.3, 0.4) is 0 Å². The molecule has 25 heteroatoms. The SMILES string of the molecule is CCCCCC(CC(=O)OCc1ccccc1)OC(=O)[C@@H](NC(=O)[C@@H](CC(C)C)NC(=O)[C@H](CC(=O)OC(C)(C)C)NC(=O)[C@@H](NC(=O)[C@@H](CC(C)C)NC(=O)[C@H](CC(C)C)NC(=O)[C@H](CCC(=O)NC(c1ccc(OC)cc1)c1ccc(OC)cc1)NC(=O)OCC1c2ccccc2-c2ccccc21)C(C)C)[C@@H](C)CC. The van der Waals surface area contributed by atoms with Gasteiger partial charge in [0.2, 0.25) is 41.4 Å². The molecule has 610 valence electrons. The first-order valence-electron chi connectivity index (χ1n) is 39.3. The van der Waals surface area contributed by atoms with E-state index in [1.807, 2.05) is 159 Å². The highest BCUT2D eigenvalue weighted by Crippen LogP contribution is 2.44. The molecule has 8 amide bonds. The van der Waals surface area contributed by atoms with Gasteiger partial charge in [-0.05, 0) is 152 Å². The van der Waals surface area contributed by atoms with Crippen LogP contribution in [0, 0.1) is 29.6 Å². The van der Waals surface area contributed by atoms with Gasteiger partial charge >= 0.3 is 24.0 Å². The van der Waals surface area contributed by atoms with Gasteiger partial charge < -0.3 is 71.0 Å². The second kappa shape index (κ2) is 44.6. The predicted octanol–water partition coefficient (Wildman–Crippen LogP) is 11.7. The third-order valence-corrected chi connectivity index (χ3v) is 19.3. The van der Waals surface area contributed by atoms with Crippen LogP contribution >= 0.6 is 0 Å². The van der Waals surface area contributed by atoms with Crippen LogP contribution in [0.4, 0.5) is 4.79 Å². The fraction of sp³-hybridized carbons (Fsp3) is 0.529. The second-order valence-corrected chi connectivity index (χ2v) is 31.5. The number of carbonyl (C=O) groups excluding carboxylic acids is 11. The standard InChI is InChI=1S/C87H120N8O17/c1-17-19-21-30-62(48-74(97)109-50-57-28-22-20-23-29-57)111-85(105)77(56(11)18-2)95-83(103)71(47-54(7)8)90-81(101)72(49-75(98)112-87(12,13)14)91-84(104)76(55(9)10)94-82(102)70(46-53(5)6)89-80(100)69(45-52(3)4)88-79(99)68(92-86(106)110-51-67-65-33-26-24-31-63(65)64-32-25-27-34-66(64)67)43-44-73(96)93-78(58-35-39-60(107-15)40-36-58)59-37-41-61(108-16)42-38-59/h20,22-29,31-42,52-56,62,67-72,76-78H,17-19,21,30,43-51H2,1-16H3,(H,88,99)(H,89,100)(H,90,101)(H,91,104)(H,92,106)(H,93,96)(H,94,102)(H,95,103)/t56-,62?,68-,69-,70+,71+,72-,76-,77-/m0/s1. The largest absolute Gasteiger partial charge is 0.497 e. The van der Waals surface area contributed by atoms with Crippen molar-refractivity contribution in [2.24, 2.45) is 29.6 Å². The van der Waals surface area contributed by atoms with E-state index >= 15 is 0 Å². The Balaban J connectivity index is 1.21. The Bertz CT molecular complexity index is 3820. The van der Waals surface area contributed by atoms with Crippen molar-refractivity contribution in [2.45, 2.75) is 247 Å². The fourth-order valence-corrected chi connectivity index (χ4v) is 13.2. The minimum Gasteiger partial charge on any atom is -0.497 e. The lowest BCUT2D eigenvalue weighted by atomic mass is 9.97. The van der Waals surface area contributed by atoms with E-state index < -0.39 is 144 Å². The van der Waals surface area contributed by atoms with Crippen LogP contribution in [0.1, 0.15) is 214 Å². The summed E-state index contributed by atoms with van der Waals surface area (Å²) >= 11 is 0. The molecule has 5 aromatic rings. The number of fused-ring (bicyclic) bond motifs is 3. The van der Waals surface area contributed by atoms with Gasteiger partial charge in [-0.1, -0.05) is 199 Å². The van der Waals surface area contributed by atoms with E-state index in [4.69, 9.17) is 28.4 Å². The number of methoxy groups -OCH3 is 2. The highest BCUT2D eigenvalue weighted by molar-refractivity contribution is 5.99. The Hall–Kier alpha value is -10.3. The van der Waals surface area contributed by atoms with Gasteiger partial charge in [0, 0.05) is 12.3 Å². The van der Waals surface area contributed by atoms with E-state index in [0.29, 0.717) is 30.8 Å². The monoisotopic (exact) mass is 1550 g/mol. The molecular formula is C87H120N8O17. The predicted molar refractivity (Wildman–Crippen MR) is 427 cm³/mol. The topological polar surface area (TPSA) is 339 Å². The van der Waals surface area contributed by atoms with Crippen LogP contribution in [0.5, 0.6) is 11.5 Å². The highest BCUT2D eigenvalue weighted by atomic mass is 16.6. The number of amides is 8. The van der Waals surface area contributed by atoms with Gasteiger partial charge in [0.15, 0.2) is 0 Å². The quantitative estimate of drug-likeness (QED) is 0.0102. The van der Waals surface area contributed by atoms with Crippen molar-refractivity contribution in [1.29, 1.82) is 0 Å². The number of hydrogen-bond acceptors (Lipinski definition) is 17. The molecule has 0 saturated carbocycles. The minimum absolute atomic E-state index is 0.0297. The Morgan fingerprint density at radius 2 is 0.920 bits per heavy atom. The van der Waals surface area contributed by atoms with Gasteiger partial charge in [-0.25, -0.2) is 9.59 Å². The van der Waals surface area contributed by atoms with Gasteiger partial charge in [0.1, 0.15) is 78.7 Å². The second-order valence-electron chi connectivity index (χ2n) is 31.5. The average Bonchev–Trinajstić information content (AvgIpc) is 1.61. The molecule has 112 heavy (non-hydrogen) atoms. The molecule has 0 radical (unpaired) electrons. The smallest absolute Gasteiger partial charge is 0.407 e. The Kier molecular flexibility index (Phi) is 36.1. The number of nitrogens with one attached hydrogen (secondary N) is 8. The number of hydrogen-bond donors (Lipinski definition) is 8. The van der Waals surface area contributed by atoms with Crippen molar-refractivity contribution in [1.82, 2.24) is 42.5 Å². The molecule has 0 aliphatic heterocycles. The van der Waals surface area contributed by atoms with Crippen molar-refractivity contribution in [3.8, 4) is 22.6 Å². The van der Waals surface area contributed by atoms with E-state index in [1.165, 1.54) is 0 Å². The third kappa shape index (κ3) is 29.1. The van der Waals surface area contributed by atoms with E-state index in [9.17, 15) is 52.7 Å². The lowest BCUT2D eigenvalue weighted by molar-refractivity contribution is -0.160. The maximum atomic E-state index is 15.0. The van der Waals surface area contributed by atoms with Crippen molar-refractivity contribution < 1.29 is 81.2 Å². The van der Waals surface area contributed by atoms with Crippen molar-refractivity contribution >= 4 is 65.4 Å². The maximum absolute atomic E-state index is 15.0. The lowest BCUT2D eigenvalue weighted by Gasteiger charge is -2.30. The molecular weight excluding hydrogens is 1430 g/mol. The normalized spacial score (nSPS) is 14.3. The first-order valence-corrected chi connectivity index (χ1v) is 39.3. The summed E-state index contributed by atoms with van der Waals surface area (Å²) in [5, 5.41) is 22.4. The molecule has 6 rings (SSSR count). The molecule has 1 aliphatic carbocycles. The molecule has 25 nitrogen and oxygen atoms in total. The summed E-state index contributed by atoms with van der Waals surface area (Å²) in [7, 11) is 3.09. The van der Waals surface area contributed by atoms with Crippen LogP contribution in [0.2, 0.25) is 0 Å². The number of carbonyl (C=O) groups is 11. The summed E-state index contributed by atoms with van der Waals surface area (Å²) < 4.78 is 34.0. The molecule has 9 atom stereocenters. The van der Waals surface area contributed by atoms with Crippen LogP contribution in [-0.2, 0) is 73.5 Å². The molecule has 8 N–H and O–H groups in total. The summed E-state index contributed by atoms with van der Waals surface area (Å²) in [6, 6.07) is 28.6. The average molecular weight is 1550 g/mol. The lowest BCUT2D eigenvalue weighted by Crippen LogP contribution is -2.61. The van der Waals surface area contributed by atoms with Gasteiger partial charge in [-0.3, -0.25) is 43.2 Å². The van der Waals surface area contributed by atoms with Crippen LogP contribution in [0.25, 0.3) is 11.1 Å². The van der Waals surface area contributed by atoms with Gasteiger partial charge in [-0.15, -0.1) is 0 Å². The Morgan fingerprint density at radius 1 is 0.455 bits per heavy atom. The minimum atomic E-state index is -1.71. The zero-order valence-electron chi connectivity index (χ0n) is 68.1. The summed E-state index contributed by atoms with van der Waals surface area (Å²) in [4.78, 5) is 159. The van der Waals surface area contributed by atoms with Gasteiger partial charge in [-0.2, -0.15) is 0 Å². The molecule has 0 fully saturated rings. The van der Waals surface area contributed by atoms with Crippen LogP contribution in [-0.4, -0.2) is 140 Å². The van der Waals surface area contributed by atoms with E-state index in [1.54, 1.807) is 80.0 Å². The molecule has 0 heterocycles. The van der Waals surface area contributed by atoms with Gasteiger partial charge in [0.25, 0.3) is 0 Å². The van der Waals surface area contributed by atoms with Crippen LogP contribution in [0.15, 0.2) is 127 Å².